The summed E-state index contributed by atoms with van der Waals surface area (Å²) in [5.41, 5.74) is 2.28. The molecule has 2 unspecified atom stereocenters. The van der Waals surface area contributed by atoms with Gasteiger partial charge in [-0.05, 0) is 46.6 Å². The normalized spacial score (nSPS) is 19.9. The number of benzene rings is 2. The zero-order valence-electron chi connectivity index (χ0n) is 16.7. The van der Waals surface area contributed by atoms with Crippen LogP contribution in [0.3, 0.4) is 0 Å². The zero-order valence-corrected chi connectivity index (χ0v) is 19.9. The maximum absolute atomic E-state index is 12.7. The first-order chi connectivity index (χ1) is 14.4. The Morgan fingerprint density at radius 1 is 1.10 bits per heavy atom. The van der Waals surface area contributed by atoms with E-state index < -0.39 is 10.1 Å². The van der Waals surface area contributed by atoms with E-state index in [4.69, 9.17) is 4.18 Å². The van der Waals surface area contributed by atoms with Crippen LogP contribution in [0.25, 0.3) is 0 Å². The van der Waals surface area contributed by atoms with E-state index in [1.54, 1.807) is 35.6 Å². The summed E-state index contributed by atoms with van der Waals surface area (Å²) in [5, 5.41) is 2.08. The largest absolute Gasteiger partial charge is 0.298 e. The summed E-state index contributed by atoms with van der Waals surface area (Å²) >= 11 is 5.26. The van der Waals surface area contributed by atoms with Crippen molar-refractivity contribution in [3.63, 3.8) is 0 Å². The molecule has 1 aliphatic rings. The molecular weight excluding hydrogens is 482 g/mol. The lowest BCUT2D eigenvalue weighted by Gasteiger charge is -2.17. The molecule has 2 aromatic carbocycles. The molecular formula is C23H24BrNO3S2. The number of aryl methyl sites for hydroxylation is 1. The maximum atomic E-state index is 12.7. The average Bonchev–Trinajstić information content (AvgIpc) is 3.33. The van der Waals surface area contributed by atoms with Gasteiger partial charge in [0.1, 0.15) is 0 Å². The van der Waals surface area contributed by atoms with Crippen LogP contribution < -0.4 is 0 Å². The summed E-state index contributed by atoms with van der Waals surface area (Å²) in [7, 11) is -3.77. The van der Waals surface area contributed by atoms with Gasteiger partial charge in [0.15, 0.2) is 0 Å². The molecule has 30 heavy (non-hydrogen) atoms. The van der Waals surface area contributed by atoms with Crippen molar-refractivity contribution >= 4 is 37.4 Å². The van der Waals surface area contributed by atoms with Crippen LogP contribution in [0, 0.1) is 12.8 Å². The Labute approximate surface area is 190 Å². The molecule has 2 heterocycles. The quantitative estimate of drug-likeness (QED) is 0.401. The third kappa shape index (κ3) is 5.21. The summed E-state index contributed by atoms with van der Waals surface area (Å²) < 4.78 is 32.0. The third-order valence-electron chi connectivity index (χ3n) is 5.47. The van der Waals surface area contributed by atoms with Gasteiger partial charge in [-0.15, -0.1) is 11.3 Å². The fourth-order valence-corrected chi connectivity index (χ4v) is 6.49. The second-order valence-electron chi connectivity index (χ2n) is 7.77. The van der Waals surface area contributed by atoms with Crippen LogP contribution in [0.1, 0.15) is 21.9 Å². The molecule has 1 aliphatic heterocycles. The van der Waals surface area contributed by atoms with E-state index in [9.17, 15) is 8.42 Å². The highest BCUT2D eigenvalue weighted by molar-refractivity contribution is 9.10. The van der Waals surface area contributed by atoms with Gasteiger partial charge >= 0.3 is 0 Å². The lowest BCUT2D eigenvalue weighted by atomic mass is 9.95. The van der Waals surface area contributed by atoms with E-state index >= 15 is 0 Å². The summed E-state index contributed by atoms with van der Waals surface area (Å²) in [6.45, 7) is 4.66. The van der Waals surface area contributed by atoms with Crippen molar-refractivity contribution in [1.29, 1.82) is 0 Å². The summed E-state index contributed by atoms with van der Waals surface area (Å²) in [4.78, 5) is 3.86. The first kappa shape index (κ1) is 21.7. The van der Waals surface area contributed by atoms with Gasteiger partial charge in [0.2, 0.25) is 0 Å². The van der Waals surface area contributed by atoms with Gasteiger partial charge in [0, 0.05) is 46.2 Å². The SMILES string of the molecule is Cc1ccc(S(=O)(=O)OCC2CN(Cc3ccccc3)CC2c2cc(Br)cs2)cc1. The van der Waals surface area contributed by atoms with Crippen molar-refractivity contribution < 1.29 is 12.6 Å². The minimum Gasteiger partial charge on any atom is -0.298 e. The highest BCUT2D eigenvalue weighted by atomic mass is 79.9. The van der Waals surface area contributed by atoms with Gasteiger partial charge in [-0.25, -0.2) is 0 Å². The van der Waals surface area contributed by atoms with Crippen molar-refractivity contribution in [2.75, 3.05) is 19.7 Å². The van der Waals surface area contributed by atoms with E-state index in [-0.39, 0.29) is 23.3 Å². The Balaban J connectivity index is 1.49. The molecule has 1 saturated heterocycles. The molecule has 0 amide bonds. The predicted molar refractivity (Wildman–Crippen MR) is 124 cm³/mol. The van der Waals surface area contributed by atoms with Crippen molar-refractivity contribution in [2.24, 2.45) is 5.92 Å². The minimum atomic E-state index is -3.77. The lowest BCUT2D eigenvalue weighted by Crippen LogP contribution is -2.22. The van der Waals surface area contributed by atoms with Crippen LogP contribution in [0.5, 0.6) is 0 Å². The highest BCUT2D eigenvalue weighted by Crippen LogP contribution is 2.38. The number of nitrogens with zero attached hydrogens (tertiary/aromatic N) is 1. The molecule has 0 bridgehead atoms. The molecule has 7 heteroatoms. The smallest absolute Gasteiger partial charge is 0.296 e. The molecule has 1 fully saturated rings. The molecule has 4 nitrogen and oxygen atoms in total. The van der Waals surface area contributed by atoms with Crippen LogP contribution in [-0.4, -0.2) is 33.0 Å². The maximum Gasteiger partial charge on any atom is 0.296 e. The average molecular weight is 506 g/mol. The topological polar surface area (TPSA) is 46.6 Å². The number of hydrogen-bond acceptors (Lipinski definition) is 5. The number of thiophene rings is 1. The number of halogens is 1. The molecule has 0 N–H and O–H groups in total. The molecule has 4 rings (SSSR count). The van der Waals surface area contributed by atoms with Gasteiger partial charge in [-0.3, -0.25) is 9.08 Å². The van der Waals surface area contributed by atoms with Crippen molar-refractivity contribution in [3.05, 3.63) is 86.5 Å². The molecule has 3 aromatic rings. The number of likely N-dealkylation sites (tertiary alicyclic amines) is 1. The number of rotatable bonds is 7. The molecule has 0 radical (unpaired) electrons. The summed E-state index contributed by atoms with van der Waals surface area (Å²) in [6.07, 6.45) is 0. The van der Waals surface area contributed by atoms with Crippen molar-refractivity contribution in [3.8, 4) is 0 Å². The first-order valence-electron chi connectivity index (χ1n) is 9.87. The second-order valence-corrected chi connectivity index (χ2v) is 11.2. The third-order valence-corrected chi connectivity index (χ3v) is 8.59. The Hall–Kier alpha value is -1.51. The van der Waals surface area contributed by atoms with E-state index in [1.807, 2.05) is 25.1 Å². The molecule has 1 aromatic heterocycles. The summed E-state index contributed by atoms with van der Waals surface area (Å²) in [5.74, 6) is 0.359. The second kappa shape index (κ2) is 9.32. The van der Waals surface area contributed by atoms with Crippen LogP contribution >= 0.6 is 27.3 Å². The molecule has 158 valence electrons. The van der Waals surface area contributed by atoms with Crippen LogP contribution in [0.4, 0.5) is 0 Å². The molecule has 2 atom stereocenters. The minimum absolute atomic E-state index is 0.111. The van der Waals surface area contributed by atoms with Crippen molar-refractivity contribution in [2.45, 2.75) is 24.3 Å². The fraction of sp³-hybridized carbons (Fsp3) is 0.304. The zero-order chi connectivity index (χ0) is 21.1. The van der Waals surface area contributed by atoms with E-state index in [0.29, 0.717) is 0 Å². The Morgan fingerprint density at radius 2 is 1.83 bits per heavy atom. The van der Waals surface area contributed by atoms with Gasteiger partial charge in [0.05, 0.1) is 11.5 Å². The molecule has 0 spiro atoms. The van der Waals surface area contributed by atoms with E-state index in [0.717, 1.165) is 29.7 Å². The number of hydrogen-bond donors (Lipinski definition) is 0. The Kier molecular flexibility index (Phi) is 6.75. The molecule has 0 aliphatic carbocycles. The van der Waals surface area contributed by atoms with Gasteiger partial charge in [-0.2, -0.15) is 8.42 Å². The Morgan fingerprint density at radius 3 is 2.50 bits per heavy atom. The Bertz CT molecular complexity index is 1080. The van der Waals surface area contributed by atoms with E-state index in [2.05, 4.69) is 44.4 Å². The standard InChI is InChI=1S/C23H24BrNO3S2/c1-17-7-9-21(10-8-17)30(26,27)28-15-19-13-25(12-18-5-3-2-4-6-18)14-22(19)23-11-20(24)16-29-23/h2-11,16,19,22H,12-15H2,1H3. The first-order valence-corrected chi connectivity index (χ1v) is 12.9. The predicted octanol–water partition coefficient (Wildman–Crippen LogP) is 5.44. The summed E-state index contributed by atoms with van der Waals surface area (Å²) in [6, 6.07) is 19.3. The lowest BCUT2D eigenvalue weighted by molar-refractivity contribution is 0.238. The monoisotopic (exact) mass is 505 g/mol. The van der Waals surface area contributed by atoms with Crippen LogP contribution in [-0.2, 0) is 20.8 Å². The molecule has 0 saturated carbocycles. The van der Waals surface area contributed by atoms with Crippen molar-refractivity contribution in [1.82, 2.24) is 4.90 Å². The van der Waals surface area contributed by atoms with Gasteiger partial charge in [-0.1, -0.05) is 48.0 Å². The fourth-order valence-electron chi connectivity index (χ4n) is 3.90. The van der Waals surface area contributed by atoms with E-state index in [1.165, 1.54) is 10.4 Å². The van der Waals surface area contributed by atoms with Crippen LogP contribution in [0.15, 0.2) is 75.4 Å². The highest BCUT2D eigenvalue weighted by Gasteiger charge is 2.36. The van der Waals surface area contributed by atoms with Gasteiger partial charge in [0.25, 0.3) is 10.1 Å². The van der Waals surface area contributed by atoms with Gasteiger partial charge < -0.3 is 0 Å². The van der Waals surface area contributed by atoms with Crippen LogP contribution in [0.2, 0.25) is 0 Å².